The van der Waals surface area contributed by atoms with Gasteiger partial charge in [0.1, 0.15) is 5.69 Å². The minimum Gasteiger partial charge on any atom is -0.337 e. The lowest BCUT2D eigenvalue weighted by molar-refractivity contribution is 0.0718. The van der Waals surface area contributed by atoms with E-state index in [0.717, 1.165) is 37.1 Å². The maximum Gasteiger partial charge on any atom is 0.272 e. The third kappa shape index (κ3) is 3.61. The predicted octanol–water partition coefficient (Wildman–Crippen LogP) is 4.50. The highest BCUT2D eigenvalue weighted by Gasteiger charge is 2.19. The normalized spacial score (nSPS) is 15.0. The van der Waals surface area contributed by atoms with E-state index < -0.39 is 0 Å². The lowest BCUT2D eigenvalue weighted by Crippen LogP contribution is -2.36. The molecule has 1 aromatic heterocycles. The summed E-state index contributed by atoms with van der Waals surface area (Å²) in [6, 6.07) is 12.5. The number of likely N-dealkylation sites (tertiary alicyclic amines) is 1. The Morgan fingerprint density at radius 3 is 2.35 bits per heavy atom. The molecule has 0 atom stereocenters. The molecular formula is C20H24N2O. The summed E-state index contributed by atoms with van der Waals surface area (Å²) in [5, 5.41) is 0. The Kier molecular flexibility index (Phi) is 4.75. The van der Waals surface area contributed by atoms with Crippen molar-refractivity contribution < 1.29 is 4.79 Å². The fourth-order valence-corrected chi connectivity index (χ4v) is 3.05. The second kappa shape index (κ2) is 6.95. The Bertz CT molecular complexity index is 670. The number of nitrogens with zero attached hydrogens (tertiary/aromatic N) is 2. The van der Waals surface area contributed by atoms with E-state index >= 15 is 0 Å². The lowest BCUT2D eigenvalue weighted by Gasteiger charge is -2.26. The van der Waals surface area contributed by atoms with Gasteiger partial charge in [0.05, 0.1) is 0 Å². The zero-order chi connectivity index (χ0) is 16.2. The van der Waals surface area contributed by atoms with Gasteiger partial charge in [0.2, 0.25) is 0 Å². The number of carbonyl (C=O) groups is 1. The Balaban J connectivity index is 1.83. The van der Waals surface area contributed by atoms with Crippen LogP contribution < -0.4 is 0 Å². The van der Waals surface area contributed by atoms with Crippen LogP contribution in [-0.2, 0) is 0 Å². The molecule has 0 unspecified atom stereocenters. The second-order valence-electron chi connectivity index (χ2n) is 6.56. The van der Waals surface area contributed by atoms with Gasteiger partial charge in [0, 0.05) is 19.3 Å². The molecule has 0 bridgehead atoms. The van der Waals surface area contributed by atoms with Gasteiger partial charge < -0.3 is 4.90 Å². The van der Waals surface area contributed by atoms with E-state index in [4.69, 9.17) is 0 Å². The summed E-state index contributed by atoms with van der Waals surface area (Å²) in [5.41, 5.74) is 4.06. The minimum atomic E-state index is 0.0605. The molecule has 3 heteroatoms. The van der Waals surface area contributed by atoms with E-state index in [2.05, 4.69) is 43.1 Å². The topological polar surface area (TPSA) is 33.2 Å². The smallest absolute Gasteiger partial charge is 0.272 e. The third-order valence-electron chi connectivity index (χ3n) is 4.53. The predicted molar refractivity (Wildman–Crippen MR) is 93.5 cm³/mol. The van der Waals surface area contributed by atoms with E-state index in [0.29, 0.717) is 11.6 Å². The van der Waals surface area contributed by atoms with Gasteiger partial charge in [-0.05, 0) is 54.0 Å². The summed E-state index contributed by atoms with van der Waals surface area (Å²) in [6.07, 6.45) is 5.16. The van der Waals surface area contributed by atoms with Crippen LogP contribution in [-0.4, -0.2) is 28.9 Å². The summed E-state index contributed by atoms with van der Waals surface area (Å²) in [6.45, 7) is 6.09. The molecule has 0 aliphatic carbocycles. The highest BCUT2D eigenvalue weighted by molar-refractivity contribution is 5.93. The molecule has 0 radical (unpaired) electrons. The van der Waals surface area contributed by atoms with Crippen LogP contribution in [0.4, 0.5) is 0 Å². The monoisotopic (exact) mass is 308 g/mol. The first kappa shape index (κ1) is 15.7. The minimum absolute atomic E-state index is 0.0605. The van der Waals surface area contributed by atoms with Crippen LogP contribution >= 0.6 is 0 Å². The van der Waals surface area contributed by atoms with Crippen molar-refractivity contribution in [3.8, 4) is 11.1 Å². The largest absolute Gasteiger partial charge is 0.337 e. The molecule has 2 aromatic rings. The Morgan fingerprint density at radius 1 is 1.00 bits per heavy atom. The van der Waals surface area contributed by atoms with Crippen molar-refractivity contribution in [3.63, 3.8) is 0 Å². The summed E-state index contributed by atoms with van der Waals surface area (Å²) < 4.78 is 0. The second-order valence-corrected chi connectivity index (χ2v) is 6.56. The molecule has 0 N–H and O–H groups in total. The average Bonchev–Trinajstić information content (AvgIpc) is 2.62. The molecule has 120 valence electrons. The molecule has 1 aliphatic heterocycles. The molecule has 0 spiro atoms. The fourth-order valence-electron chi connectivity index (χ4n) is 3.05. The van der Waals surface area contributed by atoms with Crippen molar-refractivity contribution in [2.45, 2.75) is 39.0 Å². The van der Waals surface area contributed by atoms with Crippen LogP contribution in [0.25, 0.3) is 11.1 Å². The molecular weight excluding hydrogens is 284 g/mol. The number of pyridine rings is 1. The lowest BCUT2D eigenvalue weighted by atomic mass is 9.99. The number of hydrogen-bond donors (Lipinski definition) is 0. The van der Waals surface area contributed by atoms with Gasteiger partial charge >= 0.3 is 0 Å². The van der Waals surface area contributed by atoms with Crippen LogP contribution in [0.1, 0.15) is 55.1 Å². The average molecular weight is 308 g/mol. The molecule has 1 aromatic carbocycles. The SMILES string of the molecule is CC(C)c1ccc(-c2ccnc(C(=O)N3CCCCC3)c2)cc1. The molecule has 1 amide bonds. The van der Waals surface area contributed by atoms with E-state index in [1.165, 1.54) is 12.0 Å². The van der Waals surface area contributed by atoms with Gasteiger partial charge in [-0.2, -0.15) is 0 Å². The third-order valence-corrected chi connectivity index (χ3v) is 4.53. The molecule has 2 heterocycles. The maximum absolute atomic E-state index is 12.6. The number of rotatable bonds is 3. The van der Waals surface area contributed by atoms with Crippen LogP contribution in [0.2, 0.25) is 0 Å². The zero-order valence-corrected chi connectivity index (χ0v) is 14.0. The van der Waals surface area contributed by atoms with E-state index in [1.54, 1.807) is 6.20 Å². The number of benzene rings is 1. The summed E-state index contributed by atoms with van der Waals surface area (Å²) >= 11 is 0. The van der Waals surface area contributed by atoms with Crippen LogP contribution in [0.5, 0.6) is 0 Å². The van der Waals surface area contributed by atoms with Crippen molar-refractivity contribution in [2.24, 2.45) is 0 Å². The first-order valence-corrected chi connectivity index (χ1v) is 8.51. The summed E-state index contributed by atoms with van der Waals surface area (Å²) in [5.74, 6) is 0.586. The number of carbonyl (C=O) groups excluding carboxylic acids is 1. The van der Waals surface area contributed by atoms with Gasteiger partial charge in [-0.25, -0.2) is 0 Å². The number of piperidine rings is 1. The Hall–Kier alpha value is -2.16. The Labute approximate surface area is 138 Å². The van der Waals surface area contributed by atoms with Crippen molar-refractivity contribution >= 4 is 5.91 Å². The van der Waals surface area contributed by atoms with Gasteiger partial charge in [-0.15, -0.1) is 0 Å². The van der Waals surface area contributed by atoms with Crippen LogP contribution in [0, 0.1) is 0 Å². The number of aromatic nitrogens is 1. The molecule has 1 saturated heterocycles. The summed E-state index contributed by atoms with van der Waals surface area (Å²) in [4.78, 5) is 18.8. The Morgan fingerprint density at radius 2 is 1.70 bits per heavy atom. The first-order valence-electron chi connectivity index (χ1n) is 8.51. The number of amides is 1. The van der Waals surface area contributed by atoms with Crippen molar-refractivity contribution in [1.82, 2.24) is 9.88 Å². The zero-order valence-electron chi connectivity index (χ0n) is 14.0. The van der Waals surface area contributed by atoms with E-state index in [9.17, 15) is 4.79 Å². The van der Waals surface area contributed by atoms with Gasteiger partial charge in [0.15, 0.2) is 0 Å². The standard InChI is InChI=1S/C20H24N2O/c1-15(2)16-6-8-17(9-7-16)18-10-11-21-19(14-18)20(23)22-12-4-3-5-13-22/h6-11,14-15H,3-5,12-13H2,1-2H3. The summed E-state index contributed by atoms with van der Waals surface area (Å²) in [7, 11) is 0. The van der Waals surface area contributed by atoms with E-state index in [1.807, 2.05) is 17.0 Å². The molecule has 23 heavy (non-hydrogen) atoms. The van der Waals surface area contributed by atoms with Gasteiger partial charge in [0.25, 0.3) is 5.91 Å². The molecule has 3 nitrogen and oxygen atoms in total. The first-order chi connectivity index (χ1) is 11.1. The van der Waals surface area contributed by atoms with Gasteiger partial charge in [-0.1, -0.05) is 38.1 Å². The molecule has 1 fully saturated rings. The van der Waals surface area contributed by atoms with Crippen molar-refractivity contribution in [1.29, 1.82) is 0 Å². The van der Waals surface area contributed by atoms with Crippen molar-refractivity contribution in [3.05, 3.63) is 53.9 Å². The van der Waals surface area contributed by atoms with Gasteiger partial charge in [-0.3, -0.25) is 9.78 Å². The number of hydrogen-bond acceptors (Lipinski definition) is 2. The highest BCUT2D eigenvalue weighted by atomic mass is 16.2. The van der Waals surface area contributed by atoms with Crippen molar-refractivity contribution in [2.75, 3.05) is 13.1 Å². The molecule has 3 rings (SSSR count). The highest BCUT2D eigenvalue weighted by Crippen LogP contribution is 2.23. The van der Waals surface area contributed by atoms with E-state index in [-0.39, 0.29) is 5.91 Å². The van der Waals surface area contributed by atoms with Crippen LogP contribution in [0.3, 0.4) is 0 Å². The van der Waals surface area contributed by atoms with Crippen LogP contribution in [0.15, 0.2) is 42.6 Å². The fraction of sp³-hybridized carbons (Fsp3) is 0.400. The quantitative estimate of drug-likeness (QED) is 0.836. The maximum atomic E-state index is 12.6. The molecule has 1 aliphatic rings. The molecule has 0 saturated carbocycles.